The lowest BCUT2D eigenvalue weighted by Gasteiger charge is -2.21. The number of ether oxygens (including phenoxy) is 4. The molecule has 1 fully saturated rings. The predicted octanol–water partition coefficient (Wildman–Crippen LogP) is 0.326. The maximum absolute atomic E-state index is 11.3. The van der Waals surface area contributed by atoms with E-state index in [-0.39, 0.29) is 0 Å². The van der Waals surface area contributed by atoms with Crippen LogP contribution in [-0.4, -0.2) is 44.8 Å². The summed E-state index contributed by atoms with van der Waals surface area (Å²) >= 11 is 0. The highest BCUT2D eigenvalue weighted by molar-refractivity contribution is 5.75. The third-order valence-corrected chi connectivity index (χ3v) is 2.06. The summed E-state index contributed by atoms with van der Waals surface area (Å²) in [5, 5.41) is 0. The summed E-state index contributed by atoms with van der Waals surface area (Å²) < 4.78 is 20.4. The van der Waals surface area contributed by atoms with Crippen LogP contribution in [0.15, 0.2) is 0 Å². The second-order valence-electron chi connectivity index (χ2n) is 3.55. The molecule has 0 saturated carbocycles. The SMILES string of the molecule is COC(=O)[C@H](OC)[C@@H]1COC(C)(C)O1. The fourth-order valence-electron chi connectivity index (χ4n) is 1.38. The van der Waals surface area contributed by atoms with Gasteiger partial charge in [-0.2, -0.15) is 0 Å². The van der Waals surface area contributed by atoms with Crippen molar-refractivity contribution in [1.82, 2.24) is 0 Å². The maximum atomic E-state index is 11.3. The van der Waals surface area contributed by atoms with E-state index in [1.54, 1.807) is 13.8 Å². The summed E-state index contributed by atoms with van der Waals surface area (Å²) in [4.78, 5) is 11.3. The van der Waals surface area contributed by atoms with E-state index < -0.39 is 24.0 Å². The van der Waals surface area contributed by atoms with Crippen LogP contribution in [0.2, 0.25) is 0 Å². The monoisotopic (exact) mass is 204 g/mol. The first kappa shape index (κ1) is 11.4. The van der Waals surface area contributed by atoms with Gasteiger partial charge in [0.05, 0.1) is 13.7 Å². The van der Waals surface area contributed by atoms with Crippen molar-refractivity contribution in [3.05, 3.63) is 0 Å². The molecule has 1 aliphatic heterocycles. The fourth-order valence-corrected chi connectivity index (χ4v) is 1.38. The largest absolute Gasteiger partial charge is 0.467 e. The molecule has 0 aromatic carbocycles. The minimum absolute atomic E-state index is 0.334. The highest BCUT2D eigenvalue weighted by atomic mass is 16.8. The van der Waals surface area contributed by atoms with Gasteiger partial charge >= 0.3 is 5.97 Å². The number of hydrogen-bond acceptors (Lipinski definition) is 5. The molecule has 0 aromatic heterocycles. The molecule has 0 aromatic rings. The average Bonchev–Trinajstić information content (AvgIpc) is 2.47. The Hall–Kier alpha value is -0.650. The van der Waals surface area contributed by atoms with Gasteiger partial charge in [0.25, 0.3) is 0 Å². The van der Waals surface area contributed by atoms with E-state index in [9.17, 15) is 4.79 Å². The summed E-state index contributed by atoms with van der Waals surface area (Å²) in [7, 11) is 2.76. The number of hydrogen-bond donors (Lipinski definition) is 0. The summed E-state index contributed by atoms with van der Waals surface area (Å²) in [6.07, 6.45) is -1.12. The first-order valence-electron chi connectivity index (χ1n) is 4.42. The normalized spacial score (nSPS) is 27.3. The zero-order chi connectivity index (χ0) is 10.8. The van der Waals surface area contributed by atoms with Crippen molar-refractivity contribution in [2.24, 2.45) is 0 Å². The van der Waals surface area contributed by atoms with Gasteiger partial charge in [-0.15, -0.1) is 0 Å². The van der Waals surface area contributed by atoms with Gasteiger partial charge in [-0.25, -0.2) is 4.79 Å². The molecule has 5 heteroatoms. The van der Waals surface area contributed by atoms with Crippen molar-refractivity contribution in [2.75, 3.05) is 20.8 Å². The van der Waals surface area contributed by atoms with Gasteiger partial charge in [0.1, 0.15) is 6.10 Å². The standard InChI is InChI=1S/C9H16O5/c1-9(2)13-5-6(14-9)7(11-3)8(10)12-4/h6-7H,5H2,1-4H3/t6-,7+/m0/s1. The van der Waals surface area contributed by atoms with Crippen molar-refractivity contribution in [3.63, 3.8) is 0 Å². The minimum atomic E-state index is -0.721. The van der Waals surface area contributed by atoms with Gasteiger partial charge in [-0.05, 0) is 13.8 Å². The highest BCUT2D eigenvalue weighted by Gasteiger charge is 2.41. The number of carbonyl (C=O) groups is 1. The number of methoxy groups -OCH3 is 2. The lowest BCUT2D eigenvalue weighted by molar-refractivity contribution is -0.173. The second-order valence-corrected chi connectivity index (χ2v) is 3.55. The Morgan fingerprint density at radius 3 is 2.50 bits per heavy atom. The summed E-state index contributed by atoms with van der Waals surface area (Å²) in [5.74, 6) is -1.10. The summed E-state index contributed by atoms with van der Waals surface area (Å²) in [6.45, 7) is 3.91. The lowest BCUT2D eigenvalue weighted by atomic mass is 10.2. The van der Waals surface area contributed by atoms with Gasteiger partial charge in [0, 0.05) is 7.11 Å². The molecule has 0 aliphatic carbocycles. The van der Waals surface area contributed by atoms with Crippen molar-refractivity contribution in [3.8, 4) is 0 Å². The Labute approximate surface area is 83.3 Å². The third-order valence-electron chi connectivity index (χ3n) is 2.06. The van der Waals surface area contributed by atoms with Gasteiger partial charge in [0.2, 0.25) is 0 Å². The molecule has 0 bridgehead atoms. The molecular weight excluding hydrogens is 188 g/mol. The summed E-state index contributed by atoms with van der Waals surface area (Å²) in [5.41, 5.74) is 0. The van der Waals surface area contributed by atoms with E-state index in [4.69, 9.17) is 14.2 Å². The lowest BCUT2D eigenvalue weighted by Crippen LogP contribution is -2.39. The van der Waals surface area contributed by atoms with Gasteiger partial charge < -0.3 is 18.9 Å². The van der Waals surface area contributed by atoms with Crippen molar-refractivity contribution < 1.29 is 23.7 Å². The first-order valence-corrected chi connectivity index (χ1v) is 4.42. The van der Waals surface area contributed by atoms with Crippen LogP contribution in [-0.2, 0) is 23.7 Å². The molecule has 1 saturated heterocycles. The Balaban J connectivity index is 2.59. The van der Waals surface area contributed by atoms with Crippen molar-refractivity contribution >= 4 is 5.97 Å². The van der Waals surface area contributed by atoms with Crippen LogP contribution in [0.5, 0.6) is 0 Å². The van der Waals surface area contributed by atoms with Crippen LogP contribution in [0, 0.1) is 0 Å². The quantitative estimate of drug-likeness (QED) is 0.620. The fraction of sp³-hybridized carbons (Fsp3) is 0.889. The molecule has 1 rings (SSSR count). The van der Waals surface area contributed by atoms with Gasteiger partial charge in [0.15, 0.2) is 11.9 Å². The van der Waals surface area contributed by atoms with Crippen LogP contribution in [0.3, 0.4) is 0 Å². The molecule has 14 heavy (non-hydrogen) atoms. The number of carbonyl (C=O) groups excluding carboxylic acids is 1. The second kappa shape index (κ2) is 4.25. The van der Waals surface area contributed by atoms with E-state index in [1.165, 1.54) is 14.2 Å². The van der Waals surface area contributed by atoms with E-state index in [0.717, 1.165) is 0 Å². The van der Waals surface area contributed by atoms with E-state index >= 15 is 0 Å². The van der Waals surface area contributed by atoms with E-state index in [0.29, 0.717) is 6.61 Å². The minimum Gasteiger partial charge on any atom is -0.467 e. The molecular formula is C9H16O5. The van der Waals surface area contributed by atoms with Crippen LogP contribution >= 0.6 is 0 Å². The molecule has 82 valence electrons. The van der Waals surface area contributed by atoms with Crippen molar-refractivity contribution in [1.29, 1.82) is 0 Å². The van der Waals surface area contributed by atoms with Gasteiger partial charge in [-0.1, -0.05) is 0 Å². The van der Waals surface area contributed by atoms with E-state index in [2.05, 4.69) is 4.74 Å². The highest BCUT2D eigenvalue weighted by Crippen LogP contribution is 2.25. The summed E-state index contributed by atoms with van der Waals surface area (Å²) in [6, 6.07) is 0. The molecule has 0 amide bonds. The van der Waals surface area contributed by atoms with Crippen LogP contribution in [0.4, 0.5) is 0 Å². The average molecular weight is 204 g/mol. The van der Waals surface area contributed by atoms with Crippen LogP contribution in [0.25, 0.3) is 0 Å². The zero-order valence-electron chi connectivity index (χ0n) is 8.90. The topological polar surface area (TPSA) is 54.0 Å². The van der Waals surface area contributed by atoms with Crippen LogP contribution < -0.4 is 0 Å². The number of rotatable bonds is 3. The molecule has 0 unspecified atom stereocenters. The predicted molar refractivity (Wildman–Crippen MR) is 47.7 cm³/mol. The Kier molecular flexibility index (Phi) is 3.47. The Bertz CT molecular complexity index is 213. The molecule has 1 aliphatic rings. The molecule has 0 N–H and O–H groups in total. The molecule has 0 spiro atoms. The maximum Gasteiger partial charge on any atom is 0.337 e. The molecule has 0 radical (unpaired) electrons. The molecule has 5 nitrogen and oxygen atoms in total. The number of esters is 1. The van der Waals surface area contributed by atoms with Gasteiger partial charge in [-0.3, -0.25) is 0 Å². The Morgan fingerprint density at radius 2 is 2.14 bits per heavy atom. The first-order chi connectivity index (χ1) is 6.50. The zero-order valence-corrected chi connectivity index (χ0v) is 8.90. The van der Waals surface area contributed by atoms with E-state index in [1.807, 2.05) is 0 Å². The molecule has 1 heterocycles. The van der Waals surface area contributed by atoms with Crippen molar-refractivity contribution in [2.45, 2.75) is 31.8 Å². The molecule has 2 atom stereocenters. The Morgan fingerprint density at radius 1 is 1.50 bits per heavy atom. The smallest absolute Gasteiger partial charge is 0.337 e. The van der Waals surface area contributed by atoms with Crippen LogP contribution in [0.1, 0.15) is 13.8 Å². The third kappa shape index (κ3) is 2.43.